The summed E-state index contributed by atoms with van der Waals surface area (Å²) in [7, 11) is 0. The second-order valence-electron chi connectivity index (χ2n) is 6.00. The summed E-state index contributed by atoms with van der Waals surface area (Å²) < 4.78 is 37.8. The van der Waals surface area contributed by atoms with Gasteiger partial charge < -0.3 is 10.2 Å². The number of rotatable bonds is 4. The van der Waals surface area contributed by atoms with Crippen molar-refractivity contribution in [3.8, 4) is 0 Å². The Morgan fingerprint density at radius 2 is 2.05 bits per heavy atom. The summed E-state index contributed by atoms with van der Waals surface area (Å²) in [5.41, 5.74) is -0.679. The molecule has 1 aromatic heterocycles. The minimum atomic E-state index is -4.32. The van der Waals surface area contributed by atoms with Gasteiger partial charge in [-0.15, -0.1) is 0 Å². The van der Waals surface area contributed by atoms with E-state index in [1.165, 1.54) is 18.9 Å². The molecule has 2 aliphatic rings. The topological polar surface area (TPSA) is 28.2 Å². The van der Waals surface area contributed by atoms with E-state index >= 15 is 0 Å². The zero-order valence-electron chi connectivity index (χ0n) is 11.9. The second-order valence-corrected chi connectivity index (χ2v) is 6.00. The number of halogens is 3. The lowest BCUT2D eigenvalue weighted by Gasteiger charge is -2.31. The zero-order chi connectivity index (χ0) is 14.9. The molecule has 6 heteroatoms. The van der Waals surface area contributed by atoms with E-state index in [1.807, 2.05) is 0 Å². The van der Waals surface area contributed by atoms with Crippen LogP contribution in [0.3, 0.4) is 0 Å². The number of nitrogens with zero attached hydrogens (tertiary/aromatic N) is 2. The number of piperidine rings is 1. The van der Waals surface area contributed by atoms with Crippen molar-refractivity contribution in [2.45, 2.75) is 37.9 Å². The smallest absolute Gasteiger partial charge is 0.353 e. The molecule has 1 saturated carbocycles. The molecular weight excluding hydrogens is 279 g/mol. The summed E-state index contributed by atoms with van der Waals surface area (Å²) >= 11 is 0. The summed E-state index contributed by atoms with van der Waals surface area (Å²) in [5.74, 6) is 1.24. The molecule has 2 heterocycles. The van der Waals surface area contributed by atoms with Gasteiger partial charge in [0.25, 0.3) is 0 Å². The van der Waals surface area contributed by atoms with Gasteiger partial charge in [-0.2, -0.15) is 13.2 Å². The van der Waals surface area contributed by atoms with E-state index in [-0.39, 0.29) is 0 Å². The molecule has 1 atom stereocenters. The van der Waals surface area contributed by atoms with E-state index in [9.17, 15) is 13.2 Å². The molecule has 0 bridgehead atoms. The molecule has 1 aliphatic carbocycles. The van der Waals surface area contributed by atoms with E-state index in [2.05, 4.69) is 15.2 Å². The highest BCUT2D eigenvalue weighted by Gasteiger charge is 2.34. The van der Waals surface area contributed by atoms with Gasteiger partial charge in [-0.25, -0.2) is 4.98 Å². The molecule has 1 aliphatic heterocycles. The van der Waals surface area contributed by atoms with E-state index in [4.69, 9.17) is 0 Å². The molecule has 1 saturated heterocycles. The maximum atomic E-state index is 12.6. The third-order valence-corrected chi connectivity index (χ3v) is 4.21. The molecule has 0 amide bonds. The first kappa shape index (κ1) is 14.6. The number of aromatic nitrogens is 1. The van der Waals surface area contributed by atoms with Gasteiger partial charge in [0.2, 0.25) is 0 Å². The minimum Gasteiger partial charge on any atom is -0.353 e. The average molecular weight is 299 g/mol. The number of pyridine rings is 1. The third-order valence-electron chi connectivity index (χ3n) is 4.21. The molecule has 3 rings (SSSR count). The van der Waals surface area contributed by atoms with Crippen LogP contribution in [0.4, 0.5) is 19.0 Å². The van der Waals surface area contributed by atoms with E-state index in [0.29, 0.717) is 17.8 Å². The first-order valence-corrected chi connectivity index (χ1v) is 7.54. The van der Waals surface area contributed by atoms with Crippen molar-refractivity contribution in [2.75, 3.05) is 24.5 Å². The molecule has 21 heavy (non-hydrogen) atoms. The Morgan fingerprint density at radius 1 is 1.24 bits per heavy atom. The summed E-state index contributed by atoms with van der Waals surface area (Å²) in [6, 6.07) is 3.10. The Kier molecular flexibility index (Phi) is 4.06. The van der Waals surface area contributed by atoms with Gasteiger partial charge in [-0.05, 0) is 56.8 Å². The normalized spacial score (nSPS) is 23.1. The molecule has 2 fully saturated rings. The quantitative estimate of drug-likeness (QED) is 0.926. The molecule has 0 aromatic carbocycles. The van der Waals surface area contributed by atoms with Gasteiger partial charge in [-0.3, -0.25) is 0 Å². The maximum absolute atomic E-state index is 12.6. The maximum Gasteiger partial charge on any atom is 0.417 e. The van der Waals surface area contributed by atoms with Crippen LogP contribution < -0.4 is 10.2 Å². The minimum absolute atomic E-state index is 0.455. The van der Waals surface area contributed by atoms with Crippen molar-refractivity contribution in [3.05, 3.63) is 23.9 Å². The van der Waals surface area contributed by atoms with Gasteiger partial charge in [0.1, 0.15) is 5.82 Å². The van der Waals surface area contributed by atoms with Crippen LogP contribution >= 0.6 is 0 Å². The second kappa shape index (κ2) is 5.83. The highest BCUT2D eigenvalue weighted by Crippen LogP contribution is 2.34. The molecule has 1 unspecified atom stereocenters. The third kappa shape index (κ3) is 3.67. The van der Waals surface area contributed by atoms with Crippen LogP contribution in [-0.2, 0) is 6.18 Å². The fourth-order valence-electron chi connectivity index (χ4n) is 2.90. The number of hydrogen-bond donors (Lipinski definition) is 1. The molecule has 1 aromatic rings. The van der Waals surface area contributed by atoms with Crippen LogP contribution in [0.5, 0.6) is 0 Å². The molecule has 116 valence electrons. The Balaban J connectivity index is 1.71. The zero-order valence-corrected chi connectivity index (χ0v) is 11.9. The molecule has 0 spiro atoms. The van der Waals surface area contributed by atoms with Crippen molar-refractivity contribution in [1.82, 2.24) is 10.3 Å². The van der Waals surface area contributed by atoms with Crippen LogP contribution in [-0.4, -0.2) is 30.7 Å². The summed E-state index contributed by atoms with van der Waals surface area (Å²) in [4.78, 5) is 6.25. The molecule has 3 nitrogen and oxygen atoms in total. The predicted molar refractivity (Wildman–Crippen MR) is 75.2 cm³/mol. The van der Waals surface area contributed by atoms with E-state index in [0.717, 1.165) is 44.7 Å². The lowest BCUT2D eigenvalue weighted by atomic mass is 9.99. The lowest BCUT2D eigenvalue weighted by molar-refractivity contribution is -0.137. The first-order valence-electron chi connectivity index (χ1n) is 7.54. The standard InChI is InChI=1S/C15H20F3N3/c16-15(17,18)12-3-6-14(20-9-12)21(13-4-5-13)10-11-2-1-7-19-8-11/h3,6,9,11,13,19H,1-2,4-5,7-8,10H2. The molecule has 1 N–H and O–H groups in total. The highest BCUT2D eigenvalue weighted by molar-refractivity contribution is 5.42. The predicted octanol–water partition coefficient (Wildman–Crippen LogP) is 3.07. The van der Waals surface area contributed by atoms with Gasteiger partial charge in [0.05, 0.1) is 5.56 Å². The van der Waals surface area contributed by atoms with Crippen LogP contribution in [0, 0.1) is 5.92 Å². The van der Waals surface area contributed by atoms with Gasteiger partial charge in [0, 0.05) is 18.8 Å². The fourth-order valence-corrected chi connectivity index (χ4v) is 2.90. The van der Waals surface area contributed by atoms with Crippen LogP contribution in [0.2, 0.25) is 0 Å². The van der Waals surface area contributed by atoms with Crippen molar-refractivity contribution < 1.29 is 13.2 Å². The number of nitrogens with one attached hydrogen (secondary N) is 1. The van der Waals surface area contributed by atoms with Gasteiger partial charge in [0.15, 0.2) is 0 Å². The largest absolute Gasteiger partial charge is 0.417 e. The summed E-state index contributed by atoms with van der Waals surface area (Å²) in [6.45, 7) is 2.94. The number of hydrogen-bond acceptors (Lipinski definition) is 3. The first-order chi connectivity index (χ1) is 10.0. The Morgan fingerprint density at radius 3 is 2.57 bits per heavy atom. The van der Waals surface area contributed by atoms with Crippen molar-refractivity contribution in [3.63, 3.8) is 0 Å². The average Bonchev–Trinajstić information content (AvgIpc) is 3.30. The van der Waals surface area contributed by atoms with Crippen molar-refractivity contribution in [1.29, 1.82) is 0 Å². The van der Waals surface area contributed by atoms with E-state index in [1.54, 1.807) is 0 Å². The lowest BCUT2D eigenvalue weighted by Crippen LogP contribution is -2.39. The van der Waals surface area contributed by atoms with Gasteiger partial charge in [-0.1, -0.05) is 0 Å². The highest BCUT2D eigenvalue weighted by atomic mass is 19.4. The van der Waals surface area contributed by atoms with Gasteiger partial charge >= 0.3 is 6.18 Å². The van der Waals surface area contributed by atoms with Crippen LogP contribution in [0.25, 0.3) is 0 Å². The Hall–Kier alpha value is -1.30. The Labute approximate surface area is 122 Å². The van der Waals surface area contributed by atoms with Crippen LogP contribution in [0.15, 0.2) is 18.3 Å². The number of alkyl halides is 3. The summed E-state index contributed by atoms with van der Waals surface area (Å²) in [5, 5.41) is 3.38. The molecular formula is C15H20F3N3. The van der Waals surface area contributed by atoms with Crippen LogP contribution in [0.1, 0.15) is 31.2 Å². The Bertz CT molecular complexity index is 462. The van der Waals surface area contributed by atoms with Crippen molar-refractivity contribution >= 4 is 5.82 Å². The van der Waals surface area contributed by atoms with E-state index < -0.39 is 11.7 Å². The summed E-state index contributed by atoms with van der Waals surface area (Å²) in [6.07, 6.45) is 1.21. The fraction of sp³-hybridized carbons (Fsp3) is 0.667. The molecule has 0 radical (unpaired) electrons. The number of anilines is 1. The SMILES string of the molecule is FC(F)(F)c1ccc(N(CC2CCCNC2)C2CC2)nc1. The van der Waals surface area contributed by atoms with Crippen molar-refractivity contribution in [2.24, 2.45) is 5.92 Å². The monoisotopic (exact) mass is 299 g/mol.